The van der Waals surface area contributed by atoms with Gasteiger partial charge in [0.15, 0.2) is 0 Å². The van der Waals surface area contributed by atoms with Crippen molar-refractivity contribution in [1.29, 1.82) is 0 Å². The van der Waals surface area contributed by atoms with Gasteiger partial charge in [-0.25, -0.2) is 21.1 Å². The van der Waals surface area contributed by atoms with E-state index in [1.807, 2.05) is 7.05 Å². The molecule has 1 heterocycles. The number of hydrogen-bond donors (Lipinski definition) is 1. The number of sulfonamides is 2. The fourth-order valence-corrected chi connectivity index (χ4v) is 5.88. The first kappa shape index (κ1) is 21.3. The molecule has 1 fully saturated rings. The lowest BCUT2D eigenvalue weighted by Crippen LogP contribution is -2.32. The van der Waals surface area contributed by atoms with Gasteiger partial charge in [0.1, 0.15) is 9.79 Å². The van der Waals surface area contributed by atoms with Crippen molar-refractivity contribution in [3.05, 3.63) is 24.3 Å². The maximum absolute atomic E-state index is 12.9. The van der Waals surface area contributed by atoms with Crippen molar-refractivity contribution in [3.8, 4) is 0 Å². The van der Waals surface area contributed by atoms with Crippen LogP contribution >= 0.6 is 12.4 Å². The number of rotatable bonds is 6. The van der Waals surface area contributed by atoms with E-state index in [4.69, 9.17) is 0 Å². The fraction of sp³-hybridized carbons (Fsp3) is 0.571. The lowest BCUT2D eigenvalue weighted by Gasteiger charge is -2.20. The number of nitrogens with one attached hydrogen (secondary N) is 1. The highest BCUT2D eigenvalue weighted by atomic mass is 35.5. The molecule has 1 aliphatic rings. The zero-order valence-electron chi connectivity index (χ0n) is 14.0. The molecule has 2 rings (SSSR count). The van der Waals surface area contributed by atoms with Crippen LogP contribution in [0.5, 0.6) is 0 Å². The van der Waals surface area contributed by atoms with Crippen LogP contribution < -0.4 is 5.32 Å². The minimum atomic E-state index is -3.84. The number of hydrogen-bond acceptors (Lipinski definition) is 5. The average molecular weight is 398 g/mol. The van der Waals surface area contributed by atoms with Crippen molar-refractivity contribution in [2.75, 3.05) is 40.8 Å². The predicted molar refractivity (Wildman–Crippen MR) is 95.4 cm³/mol. The minimum absolute atomic E-state index is 0. The highest BCUT2D eigenvalue weighted by molar-refractivity contribution is 7.92. The van der Waals surface area contributed by atoms with Crippen LogP contribution in [0.2, 0.25) is 0 Å². The highest BCUT2D eigenvalue weighted by Crippen LogP contribution is 2.29. The Morgan fingerprint density at radius 3 is 2.29 bits per heavy atom. The van der Waals surface area contributed by atoms with Crippen LogP contribution in [0, 0.1) is 5.92 Å². The molecule has 1 unspecified atom stereocenters. The van der Waals surface area contributed by atoms with E-state index in [1.54, 1.807) is 6.07 Å². The van der Waals surface area contributed by atoms with Crippen molar-refractivity contribution in [3.63, 3.8) is 0 Å². The van der Waals surface area contributed by atoms with Crippen molar-refractivity contribution < 1.29 is 16.8 Å². The molecule has 10 heteroatoms. The normalized spacial score (nSPS) is 19.4. The van der Waals surface area contributed by atoms with Crippen LogP contribution in [0.3, 0.4) is 0 Å². The molecule has 138 valence electrons. The summed E-state index contributed by atoms with van der Waals surface area (Å²) in [6.45, 7) is 1.55. The lowest BCUT2D eigenvalue weighted by atomic mass is 10.1. The largest absolute Gasteiger partial charge is 0.319 e. The van der Waals surface area contributed by atoms with Crippen molar-refractivity contribution in [2.24, 2.45) is 5.92 Å². The molecule has 0 bridgehead atoms. The molecular formula is C14H24ClN3O4S2. The summed E-state index contributed by atoms with van der Waals surface area (Å²) in [5.74, 6) is 0.243. The molecule has 1 aromatic carbocycles. The molecule has 1 N–H and O–H groups in total. The van der Waals surface area contributed by atoms with Gasteiger partial charge in [0.05, 0.1) is 0 Å². The quantitative estimate of drug-likeness (QED) is 0.759. The zero-order chi connectivity index (χ0) is 17.3. The predicted octanol–water partition coefficient (Wildman–Crippen LogP) is 0.589. The van der Waals surface area contributed by atoms with E-state index >= 15 is 0 Å². The average Bonchev–Trinajstić information content (AvgIpc) is 2.97. The smallest absolute Gasteiger partial charge is 0.244 e. The zero-order valence-corrected chi connectivity index (χ0v) is 16.4. The molecule has 0 saturated carbocycles. The van der Waals surface area contributed by atoms with Gasteiger partial charge in [0.25, 0.3) is 0 Å². The summed E-state index contributed by atoms with van der Waals surface area (Å²) in [7, 11) is -3.06. The molecule has 0 amide bonds. The van der Waals surface area contributed by atoms with Crippen molar-refractivity contribution in [1.82, 2.24) is 13.9 Å². The Balaban J connectivity index is 0.00000288. The van der Waals surface area contributed by atoms with E-state index in [0.29, 0.717) is 13.1 Å². The Kier molecular flexibility index (Phi) is 7.21. The standard InChI is InChI=1S/C14H23N3O4S2.ClH/c1-15-10-12-8-9-17(11-12)23(20,21)14-7-5-4-6-13(14)22(18,19)16(2)3;/h4-7,12,15H,8-11H2,1-3H3;1H. The minimum Gasteiger partial charge on any atom is -0.319 e. The van der Waals surface area contributed by atoms with Gasteiger partial charge < -0.3 is 5.32 Å². The monoisotopic (exact) mass is 397 g/mol. The third-order valence-corrected chi connectivity index (χ3v) is 7.89. The molecule has 1 aromatic rings. The first-order valence-electron chi connectivity index (χ1n) is 7.37. The SMILES string of the molecule is CNCC1CCN(S(=O)(=O)c2ccccc2S(=O)(=O)N(C)C)C1.Cl. The molecule has 0 spiro atoms. The van der Waals surface area contributed by atoms with E-state index in [-0.39, 0.29) is 28.1 Å². The number of benzene rings is 1. The molecule has 0 radical (unpaired) electrons. The summed E-state index contributed by atoms with van der Waals surface area (Å²) in [6.07, 6.45) is 0.767. The van der Waals surface area contributed by atoms with Crippen LogP contribution in [0.1, 0.15) is 6.42 Å². The number of halogens is 1. The molecule has 0 aromatic heterocycles. The van der Waals surface area contributed by atoms with E-state index < -0.39 is 20.0 Å². The Labute approximate surface area is 150 Å². The summed E-state index contributed by atoms with van der Waals surface area (Å²) in [6, 6.07) is 5.77. The van der Waals surface area contributed by atoms with E-state index in [9.17, 15) is 16.8 Å². The molecule has 24 heavy (non-hydrogen) atoms. The van der Waals surface area contributed by atoms with Gasteiger partial charge in [-0.05, 0) is 38.1 Å². The Morgan fingerprint density at radius 2 is 1.75 bits per heavy atom. The van der Waals surface area contributed by atoms with Gasteiger partial charge in [0, 0.05) is 27.2 Å². The second-order valence-electron chi connectivity index (χ2n) is 5.81. The lowest BCUT2D eigenvalue weighted by molar-refractivity contribution is 0.448. The fourth-order valence-electron chi connectivity index (χ4n) is 2.68. The van der Waals surface area contributed by atoms with Gasteiger partial charge in [0.2, 0.25) is 20.0 Å². The third-order valence-electron chi connectivity index (χ3n) is 3.97. The maximum atomic E-state index is 12.9. The third kappa shape index (κ3) is 4.09. The Hall–Kier alpha value is -0.710. The van der Waals surface area contributed by atoms with Crippen LogP contribution in [-0.4, -0.2) is 66.2 Å². The second-order valence-corrected chi connectivity index (χ2v) is 9.84. The van der Waals surface area contributed by atoms with Crippen molar-refractivity contribution >= 4 is 32.5 Å². The summed E-state index contributed by atoms with van der Waals surface area (Å²) >= 11 is 0. The highest BCUT2D eigenvalue weighted by Gasteiger charge is 2.36. The summed E-state index contributed by atoms with van der Waals surface area (Å²) in [5, 5.41) is 3.05. The topological polar surface area (TPSA) is 86.8 Å². The van der Waals surface area contributed by atoms with E-state index in [1.165, 1.54) is 36.6 Å². The van der Waals surface area contributed by atoms with E-state index in [0.717, 1.165) is 17.3 Å². The van der Waals surface area contributed by atoms with Crippen LogP contribution in [0.25, 0.3) is 0 Å². The molecule has 7 nitrogen and oxygen atoms in total. The Morgan fingerprint density at radius 1 is 1.17 bits per heavy atom. The first-order valence-corrected chi connectivity index (χ1v) is 10.3. The Bertz CT molecular complexity index is 766. The van der Waals surface area contributed by atoms with Gasteiger partial charge in [-0.2, -0.15) is 4.31 Å². The summed E-state index contributed by atoms with van der Waals surface area (Å²) in [4.78, 5) is -0.333. The first-order chi connectivity index (χ1) is 10.7. The molecule has 0 aliphatic carbocycles. The second kappa shape index (κ2) is 8.11. The molecular weight excluding hydrogens is 374 g/mol. The van der Waals surface area contributed by atoms with Crippen LogP contribution in [0.15, 0.2) is 34.1 Å². The van der Waals surface area contributed by atoms with Crippen LogP contribution in [0.4, 0.5) is 0 Å². The number of nitrogens with zero attached hydrogens (tertiary/aromatic N) is 2. The molecule has 1 aliphatic heterocycles. The van der Waals surface area contributed by atoms with Gasteiger partial charge in [-0.3, -0.25) is 0 Å². The van der Waals surface area contributed by atoms with Crippen molar-refractivity contribution in [2.45, 2.75) is 16.2 Å². The maximum Gasteiger partial charge on any atom is 0.244 e. The molecule has 1 saturated heterocycles. The van der Waals surface area contributed by atoms with E-state index in [2.05, 4.69) is 5.32 Å². The van der Waals surface area contributed by atoms with Gasteiger partial charge >= 0.3 is 0 Å². The van der Waals surface area contributed by atoms with Gasteiger partial charge in [-0.1, -0.05) is 12.1 Å². The van der Waals surface area contributed by atoms with Gasteiger partial charge in [-0.15, -0.1) is 12.4 Å². The molecule has 1 atom stereocenters. The summed E-state index contributed by atoms with van der Waals surface area (Å²) in [5.41, 5.74) is 0. The van der Waals surface area contributed by atoms with Crippen LogP contribution in [-0.2, 0) is 20.0 Å². The summed E-state index contributed by atoms with van der Waals surface area (Å²) < 4.78 is 53.0.